The Balaban J connectivity index is 2.64. The second-order valence-electron chi connectivity index (χ2n) is 8.28. The molecule has 0 bridgehead atoms. The van der Waals surface area contributed by atoms with E-state index in [4.69, 9.17) is 9.47 Å². The van der Waals surface area contributed by atoms with Crippen molar-refractivity contribution in [1.82, 2.24) is 0 Å². The number of hydrogen-bond donors (Lipinski definition) is 0. The number of carbonyl (C=O) groups excluding carboxylic acids is 2. The molecule has 2 atom stereocenters. The second-order valence-corrected chi connectivity index (χ2v) is 8.28. The number of rotatable bonds is 16. The molecule has 0 fully saturated rings. The van der Waals surface area contributed by atoms with Gasteiger partial charge in [-0.05, 0) is 36.8 Å². The number of ether oxygens (including phenoxy) is 2. The van der Waals surface area contributed by atoms with Crippen LogP contribution >= 0.6 is 0 Å². The van der Waals surface area contributed by atoms with Gasteiger partial charge in [-0.25, -0.2) is 9.59 Å². The predicted octanol–water partition coefficient (Wildman–Crippen LogP) is 7.21. The van der Waals surface area contributed by atoms with Gasteiger partial charge >= 0.3 is 11.9 Å². The molecule has 1 aromatic rings. The topological polar surface area (TPSA) is 52.6 Å². The van der Waals surface area contributed by atoms with Crippen molar-refractivity contribution in [2.45, 2.75) is 91.9 Å². The molecule has 0 N–H and O–H groups in total. The van der Waals surface area contributed by atoms with Gasteiger partial charge in [0.25, 0.3) is 0 Å². The smallest absolute Gasteiger partial charge is 0.339 e. The Hall–Kier alpha value is -1.84. The fourth-order valence-corrected chi connectivity index (χ4v) is 3.56. The second kappa shape index (κ2) is 15.9. The van der Waals surface area contributed by atoms with E-state index < -0.39 is 11.9 Å². The summed E-state index contributed by atoms with van der Waals surface area (Å²) in [5.41, 5.74) is 0.592. The van der Waals surface area contributed by atoms with Gasteiger partial charge in [-0.15, -0.1) is 0 Å². The largest absolute Gasteiger partial charge is 0.462 e. The molecule has 0 heterocycles. The quantitative estimate of drug-likeness (QED) is 0.210. The summed E-state index contributed by atoms with van der Waals surface area (Å²) in [7, 11) is 0. The molecule has 0 aliphatic heterocycles. The zero-order valence-electron chi connectivity index (χ0n) is 19.6. The van der Waals surface area contributed by atoms with Crippen LogP contribution in [0.15, 0.2) is 24.3 Å². The lowest BCUT2D eigenvalue weighted by Crippen LogP contribution is -2.19. The molecular formula is C26H42O4. The summed E-state index contributed by atoms with van der Waals surface area (Å²) in [6.45, 7) is 9.42. The van der Waals surface area contributed by atoms with Crippen LogP contribution < -0.4 is 0 Å². The first-order valence-electron chi connectivity index (χ1n) is 12.0. The molecule has 0 aromatic heterocycles. The molecule has 2 unspecified atom stereocenters. The van der Waals surface area contributed by atoms with Crippen LogP contribution in [0.1, 0.15) is 113 Å². The summed E-state index contributed by atoms with van der Waals surface area (Å²) in [5.74, 6) is -0.140. The molecule has 4 heteroatoms. The minimum absolute atomic E-state index is 0.296. The molecule has 0 amide bonds. The minimum Gasteiger partial charge on any atom is -0.462 e. The summed E-state index contributed by atoms with van der Waals surface area (Å²) in [5, 5.41) is 0. The minimum atomic E-state index is -0.438. The number of esters is 2. The normalized spacial score (nSPS) is 12.9. The van der Waals surface area contributed by atoms with Gasteiger partial charge in [-0.1, -0.05) is 91.2 Å². The van der Waals surface area contributed by atoms with Crippen molar-refractivity contribution >= 4 is 11.9 Å². The number of unbranched alkanes of at least 4 members (excludes halogenated alkanes) is 4. The summed E-state index contributed by atoms with van der Waals surface area (Å²) in [6.07, 6.45) is 11.2. The fourth-order valence-electron chi connectivity index (χ4n) is 3.56. The molecule has 0 spiro atoms. The summed E-state index contributed by atoms with van der Waals surface area (Å²) >= 11 is 0. The third-order valence-corrected chi connectivity index (χ3v) is 5.85. The van der Waals surface area contributed by atoms with Crippen molar-refractivity contribution in [2.75, 3.05) is 13.2 Å². The third-order valence-electron chi connectivity index (χ3n) is 5.85. The zero-order valence-corrected chi connectivity index (χ0v) is 19.6. The molecule has 1 rings (SSSR count). The van der Waals surface area contributed by atoms with Gasteiger partial charge in [0.05, 0.1) is 24.3 Å². The van der Waals surface area contributed by atoms with Gasteiger partial charge in [-0.2, -0.15) is 0 Å². The lowest BCUT2D eigenvalue weighted by molar-refractivity contribution is 0.0381. The van der Waals surface area contributed by atoms with E-state index in [9.17, 15) is 9.59 Å². The Morgan fingerprint density at radius 2 is 1.10 bits per heavy atom. The van der Waals surface area contributed by atoms with E-state index in [1.54, 1.807) is 24.3 Å². The standard InChI is InChI=1S/C26H42O4/c1-5-9-11-15-21(7-3)19-29-25(27)23-17-13-14-18-24(23)26(28)30-20-22(8-4)16-12-10-6-2/h13-14,17-18,21-22H,5-12,15-16,19-20H2,1-4H3. The van der Waals surface area contributed by atoms with E-state index >= 15 is 0 Å². The maximum absolute atomic E-state index is 12.7. The highest BCUT2D eigenvalue weighted by Gasteiger charge is 2.21. The highest BCUT2D eigenvalue weighted by molar-refractivity contribution is 6.03. The Labute approximate surface area is 183 Å². The van der Waals surface area contributed by atoms with Crippen LogP contribution in [0.4, 0.5) is 0 Å². The van der Waals surface area contributed by atoms with E-state index in [1.165, 1.54) is 25.7 Å². The zero-order chi connectivity index (χ0) is 22.2. The lowest BCUT2D eigenvalue weighted by Gasteiger charge is -2.17. The lowest BCUT2D eigenvalue weighted by atomic mass is 9.99. The van der Waals surface area contributed by atoms with Crippen molar-refractivity contribution in [3.05, 3.63) is 35.4 Å². The molecular weight excluding hydrogens is 376 g/mol. The number of carbonyl (C=O) groups is 2. The third kappa shape index (κ3) is 9.77. The highest BCUT2D eigenvalue weighted by atomic mass is 16.5. The molecule has 30 heavy (non-hydrogen) atoms. The molecule has 0 saturated carbocycles. The number of benzene rings is 1. The van der Waals surface area contributed by atoms with Crippen molar-refractivity contribution in [2.24, 2.45) is 11.8 Å². The van der Waals surface area contributed by atoms with Gasteiger partial charge in [0.1, 0.15) is 0 Å². The van der Waals surface area contributed by atoms with E-state index in [0.29, 0.717) is 36.2 Å². The predicted molar refractivity (Wildman–Crippen MR) is 123 cm³/mol. The summed E-state index contributed by atoms with van der Waals surface area (Å²) in [4.78, 5) is 25.3. The SMILES string of the molecule is CCCCCC(CC)COC(=O)c1ccccc1C(=O)OCC(CC)CCCCC. The van der Waals surface area contributed by atoms with Crippen LogP contribution in [-0.4, -0.2) is 25.2 Å². The number of hydrogen-bond acceptors (Lipinski definition) is 4. The van der Waals surface area contributed by atoms with Crippen LogP contribution in [0, 0.1) is 11.8 Å². The van der Waals surface area contributed by atoms with Crippen LogP contribution in [0.25, 0.3) is 0 Å². The Morgan fingerprint density at radius 1 is 0.700 bits per heavy atom. The fraction of sp³-hybridized carbons (Fsp3) is 0.692. The molecule has 0 aliphatic carbocycles. The first kappa shape index (κ1) is 26.2. The van der Waals surface area contributed by atoms with E-state index in [2.05, 4.69) is 27.7 Å². The van der Waals surface area contributed by atoms with Gasteiger partial charge in [0.2, 0.25) is 0 Å². The Bertz CT molecular complexity index is 558. The van der Waals surface area contributed by atoms with Crippen LogP contribution in [0.2, 0.25) is 0 Å². The van der Waals surface area contributed by atoms with E-state index in [-0.39, 0.29) is 0 Å². The Kier molecular flexibility index (Phi) is 13.9. The molecule has 170 valence electrons. The highest BCUT2D eigenvalue weighted by Crippen LogP contribution is 2.18. The first-order valence-corrected chi connectivity index (χ1v) is 12.0. The van der Waals surface area contributed by atoms with Crippen molar-refractivity contribution in [3.63, 3.8) is 0 Å². The van der Waals surface area contributed by atoms with Gasteiger partial charge in [-0.3, -0.25) is 0 Å². The average molecular weight is 419 g/mol. The summed E-state index contributed by atoms with van der Waals surface area (Å²) < 4.78 is 11.1. The van der Waals surface area contributed by atoms with E-state index in [1.807, 2.05) is 0 Å². The summed E-state index contributed by atoms with van der Waals surface area (Å²) in [6, 6.07) is 6.81. The monoisotopic (exact) mass is 418 g/mol. The maximum Gasteiger partial charge on any atom is 0.339 e. The van der Waals surface area contributed by atoms with Crippen LogP contribution in [-0.2, 0) is 9.47 Å². The van der Waals surface area contributed by atoms with Crippen LogP contribution in [0.3, 0.4) is 0 Å². The molecule has 1 aromatic carbocycles. The molecule has 0 radical (unpaired) electrons. The molecule has 0 aliphatic rings. The average Bonchev–Trinajstić information content (AvgIpc) is 2.78. The first-order chi connectivity index (χ1) is 14.6. The Morgan fingerprint density at radius 3 is 1.43 bits per heavy atom. The maximum atomic E-state index is 12.7. The van der Waals surface area contributed by atoms with Crippen molar-refractivity contribution < 1.29 is 19.1 Å². The van der Waals surface area contributed by atoms with Crippen molar-refractivity contribution in [3.8, 4) is 0 Å². The van der Waals surface area contributed by atoms with Gasteiger partial charge in [0, 0.05) is 0 Å². The van der Waals surface area contributed by atoms with Gasteiger partial charge < -0.3 is 9.47 Å². The van der Waals surface area contributed by atoms with Gasteiger partial charge in [0.15, 0.2) is 0 Å². The van der Waals surface area contributed by atoms with E-state index in [0.717, 1.165) is 38.5 Å². The van der Waals surface area contributed by atoms with Crippen molar-refractivity contribution in [1.29, 1.82) is 0 Å². The molecule has 0 saturated heterocycles. The molecule has 4 nitrogen and oxygen atoms in total. The van der Waals surface area contributed by atoms with Crippen LogP contribution in [0.5, 0.6) is 0 Å².